The zero-order valence-electron chi connectivity index (χ0n) is 12.7. The first-order valence-electron chi connectivity index (χ1n) is 7.54. The number of benzene rings is 2. The Kier molecular flexibility index (Phi) is 4.19. The summed E-state index contributed by atoms with van der Waals surface area (Å²) in [6.07, 6.45) is 2.72. The van der Waals surface area contributed by atoms with Gasteiger partial charge in [-0.1, -0.05) is 60.2 Å². The summed E-state index contributed by atoms with van der Waals surface area (Å²) in [6.45, 7) is 2.75. The van der Waals surface area contributed by atoms with Crippen molar-refractivity contribution in [2.24, 2.45) is 0 Å². The van der Waals surface area contributed by atoms with Gasteiger partial charge in [-0.2, -0.15) is 0 Å². The van der Waals surface area contributed by atoms with Gasteiger partial charge in [-0.05, 0) is 36.6 Å². The molecule has 2 aromatic carbocycles. The van der Waals surface area contributed by atoms with E-state index in [9.17, 15) is 4.79 Å². The van der Waals surface area contributed by atoms with Gasteiger partial charge in [-0.25, -0.2) is 0 Å². The molecule has 2 nitrogen and oxygen atoms in total. The first-order valence-corrected chi connectivity index (χ1v) is 7.54. The summed E-state index contributed by atoms with van der Waals surface area (Å²) in [5.74, 6) is 0. The molecule has 1 aromatic heterocycles. The standard InChI is InChI=1S/C20H19NO/c1-16-9-11-18(12-10-16)19-8-5-14-21(20(19)22)15-13-17-6-3-2-4-7-17/h2-12,14H,13,15H2,1H3. The number of hydrogen-bond donors (Lipinski definition) is 0. The Morgan fingerprint density at radius 3 is 2.32 bits per heavy atom. The van der Waals surface area contributed by atoms with Crippen molar-refractivity contribution in [3.8, 4) is 11.1 Å². The molecule has 0 saturated heterocycles. The molecule has 0 spiro atoms. The van der Waals surface area contributed by atoms with Gasteiger partial charge in [0, 0.05) is 18.3 Å². The number of hydrogen-bond acceptors (Lipinski definition) is 1. The van der Waals surface area contributed by atoms with E-state index in [1.165, 1.54) is 11.1 Å². The van der Waals surface area contributed by atoms with Crippen molar-refractivity contribution < 1.29 is 0 Å². The van der Waals surface area contributed by atoms with Crippen LogP contribution >= 0.6 is 0 Å². The second-order valence-electron chi connectivity index (χ2n) is 5.52. The average Bonchev–Trinajstić information content (AvgIpc) is 2.56. The Labute approximate surface area is 130 Å². The van der Waals surface area contributed by atoms with Gasteiger partial charge in [0.1, 0.15) is 0 Å². The topological polar surface area (TPSA) is 22.0 Å². The Balaban J connectivity index is 1.86. The van der Waals surface area contributed by atoms with Crippen molar-refractivity contribution >= 4 is 0 Å². The Morgan fingerprint density at radius 1 is 0.864 bits per heavy atom. The minimum absolute atomic E-state index is 0.0716. The van der Waals surface area contributed by atoms with Crippen LogP contribution in [0.15, 0.2) is 77.7 Å². The molecule has 0 unspecified atom stereocenters. The van der Waals surface area contributed by atoms with E-state index in [1.807, 2.05) is 67.7 Å². The number of nitrogens with zero attached hydrogens (tertiary/aromatic N) is 1. The Hall–Kier alpha value is -2.61. The molecule has 0 fully saturated rings. The van der Waals surface area contributed by atoms with Gasteiger partial charge in [0.25, 0.3) is 5.56 Å². The lowest BCUT2D eigenvalue weighted by atomic mass is 10.1. The molecule has 2 heteroatoms. The summed E-state index contributed by atoms with van der Waals surface area (Å²) >= 11 is 0. The molecule has 0 radical (unpaired) electrons. The van der Waals surface area contributed by atoms with Crippen LogP contribution in [0.25, 0.3) is 11.1 Å². The van der Waals surface area contributed by atoms with Crippen LogP contribution in [0.2, 0.25) is 0 Å². The van der Waals surface area contributed by atoms with E-state index in [2.05, 4.69) is 12.1 Å². The summed E-state index contributed by atoms with van der Waals surface area (Å²) in [6, 6.07) is 22.2. The molecule has 0 saturated carbocycles. The number of aromatic nitrogens is 1. The van der Waals surface area contributed by atoms with E-state index in [4.69, 9.17) is 0 Å². The van der Waals surface area contributed by atoms with Crippen LogP contribution < -0.4 is 5.56 Å². The van der Waals surface area contributed by atoms with E-state index < -0.39 is 0 Å². The van der Waals surface area contributed by atoms with Crippen LogP contribution in [0.4, 0.5) is 0 Å². The fourth-order valence-electron chi connectivity index (χ4n) is 2.56. The highest BCUT2D eigenvalue weighted by Crippen LogP contribution is 2.15. The maximum Gasteiger partial charge on any atom is 0.258 e. The van der Waals surface area contributed by atoms with Gasteiger partial charge in [0.2, 0.25) is 0 Å². The van der Waals surface area contributed by atoms with Crippen molar-refractivity contribution in [1.82, 2.24) is 4.57 Å². The number of aryl methyl sites for hydroxylation is 3. The molecule has 3 rings (SSSR count). The van der Waals surface area contributed by atoms with Crippen LogP contribution in [0.5, 0.6) is 0 Å². The molecular formula is C20H19NO. The Morgan fingerprint density at radius 2 is 1.59 bits per heavy atom. The molecular weight excluding hydrogens is 270 g/mol. The molecule has 3 aromatic rings. The predicted molar refractivity (Wildman–Crippen MR) is 91.0 cm³/mol. The highest BCUT2D eigenvalue weighted by atomic mass is 16.1. The van der Waals surface area contributed by atoms with Crippen molar-refractivity contribution in [2.45, 2.75) is 19.9 Å². The summed E-state index contributed by atoms with van der Waals surface area (Å²) in [4.78, 5) is 12.6. The van der Waals surface area contributed by atoms with Crippen LogP contribution in [0.3, 0.4) is 0 Å². The van der Waals surface area contributed by atoms with E-state index in [1.54, 1.807) is 4.57 Å². The molecule has 0 aliphatic heterocycles. The average molecular weight is 289 g/mol. The van der Waals surface area contributed by atoms with Gasteiger partial charge < -0.3 is 4.57 Å². The normalized spacial score (nSPS) is 10.6. The third-order valence-electron chi connectivity index (χ3n) is 3.87. The molecule has 1 heterocycles. The molecule has 0 N–H and O–H groups in total. The third-order valence-corrected chi connectivity index (χ3v) is 3.87. The quantitative estimate of drug-likeness (QED) is 0.709. The van der Waals surface area contributed by atoms with Crippen molar-refractivity contribution in [1.29, 1.82) is 0 Å². The molecule has 110 valence electrons. The minimum atomic E-state index is 0.0716. The number of pyridine rings is 1. The lowest BCUT2D eigenvalue weighted by Crippen LogP contribution is -2.21. The van der Waals surface area contributed by atoms with Crippen LogP contribution in [-0.2, 0) is 13.0 Å². The van der Waals surface area contributed by atoms with Crippen molar-refractivity contribution in [3.05, 3.63) is 94.4 Å². The van der Waals surface area contributed by atoms with E-state index >= 15 is 0 Å². The third kappa shape index (κ3) is 3.17. The lowest BCUT2D eigenvalue weighted by molar-refractivity contribution is 0.671. The lowest BCUT2D eigenvalue weighted by Gasteiger charge is -2.08. The van der Waals surface area contributed by atoms with Gasteiger partial charge in [-0.3, -0.25) is 4.79 Å². The summed E-state index contributed by atoms with van der Waals surface area (Å²) in [5, 5.41) is 0. The maximum atomic E-state index is 12.6. The van der Waals surface area contributed by atoms with Gasteiger partial charge in [0.05, 0.1) is 0 Å². The van der Waals surface area contributed by atoms with Crippen molar-refractivity contribution in [2.75, 3.05) is 0 Å². The second-order valence-corrected chi connectivity index (χ2v) is 5.52. The summed E-state index contributed by atoms with van der Waals surface area (Å²) < 4.78 is 1.79. The first-order chi connectivity index (χ1) is 10.7. The maximum absolute atomic E-state index is 12.6. The molecule has 0 aliphatic rings. The molecule has 0 amide bonds. The monoisotopic (exact) mass is 289 g/mol. The van der Waals surface area contributed by atoms with Gasteiger partial charge in [0.15, 0.2) is 0 Å². The zero-order valence-corrected chi connectivity index (χ0v) is 12.7. The van der Waals surface area contributed by atoms with Crippen molar-refractivity contribution in [3.63, 3.8) is 0 Å². The van der Waals surface area contributed by atoms with Gasteiger partial charge in [-0.15, -0.1) is 0 Å². The summed E-state index contributed by atoms with van der Waals surface area (Å²) in [7, 11) is 0. The van der Waals surface area contributed by atoms with E-state index in [-0.39, 0.29) is 5.56 Å². The van der Waals surface area contributed by atoms with Crippen LogP contribution in [0, 0.1) is 6.92 Å². The number of rotatable bonds is 4. The largest absolute Gasteiger partial charge is 0.315 e. The minimum Gasteiger partial charge on any atom is -0.315 e. The van der Waals surface area contributed by atoms with Gasteiger partial charge >= 0.3 is 0 Å². The van der Waals surface area contributed by atoms with E-state index in [0.29, 0.717) is 6.54 Å². The summed E-state index contributed by atoms with van der Waals surface area (Å²) in [5.41, 5.74) is 4.25. The van der Waals surface area contributed by atoms with E-state index in [0.717, 1.165) is 17.5 Å². The fourth-order valence-corrected chi connectivity index (χ4v) is 2.56. The smallest absolute Gasteiger partial charge is 0.258 e. The van der Waals surface area contributed by atoms with Crippen LogP contribution in [-0.4, -0.2) is 4.57 Å². The molecule has 0 bridgehead atoms. The highest BCUT2D eigenvalue weighted by molar-refractivity contribution is 5.62. The van der Waals surface area contributed by atoms with Crippen LogP contribution in [0.1, 0.15) is 11.1 Å². The SMILES string of the molecule is Cc1ccc(-c2cccn(CCc3ccccc3)c2=O)cc1. The second kappa shape index (κ2) is 6.44. The molecule has 22 heavy (non-hydrogen) atoms. The first kappa shape index (κ1) is 14.3. The highest BCUT2D eigenvalue weighted by Gasteiger charge is 2.05. The molecule has 0 aliphatic carbocycles. The molecule has 0 atom stereocenters. The zero-order chi connectivity index (χ0) is 15.4. The fraction of sp³-hybridized carbons (Fsp3) is 0.150. The predicted octanol–water partition coefficient (Wildman–Crippen LogP) is 4.07. The Bertz CT molecular complexity index is 801.